The minimum Gasteiger partial charge on any atom is -0.398 e. The van der Waals surface area contributed by atoms with Gasteiger partial charge in [-0.05, 0) is 42.2 Å². The lowest BCUT2D eigenvalue weighted by molar-refractivity contribution is 1.03. The molecule has 0 aromatic heterocycles. The van der Waals surface area contributed by atoms with Crippen molar-refractivity contribution < 1.29 is 0 Å². The van der Waals surface area contributed by atoms with Crippen molar-refractivity contribution in [1.82, 2.24) is 0 Å². The third-order valence-electron chi connectivity index (χ3n) is 3.24. The maximum atomic E-state index is 5.70. The summed E-state index contributed by atoms with van der Waals surface area (Å²) in [6.45, 7) is 5.08. The second kappa shape index (κ2) is 7.53. The van der Waals surface area contributed by atoms with Crippen LogP contribution in [0.25, 0.3) is 0 Å². The van der Waals surface area contributed by atoms with E-state index < -0.39 is 0 Å². The Morgan fingerprint density at radius 3 is 1.85 bits per heavy atom. The summed E-state index contributed by atoms with van der Waals surface area (Å²) >= 11 is 0. The van der Waals surface area contributed by atoms with E-state index >= 15 is 0 Å². The Hall–Kier alpha value is -2.04. The Bertz CT molecular complexity index is 518. The van der Waals surface area contributed by atoms with Crippen LogP contribution >= 0.6 is 0 Å². The molecule has 2 rings (SSSR count). The second-order valence-corrected chi connectivity index (χ2v) is 4.74. The van der Waals surface area contributed by atoms with Gasteiger partial charge in [-0.25, -0.2) is 0 Å². The summed E-state index contributed by atoms with van der Waals surface area (Å²) in [5.74, 6) is 0. The van der Waals surface area contributed by atoms with Crippen LogP contribution in [-0.2, 0) is 13.1 Å². The Balaban J connectivity index is 0.000000200. The summed E-state index contributed by atoms with van der Waals surface area (Å²) < 4.78 is 0. The van der Waals surface area contributed by atoms with E-state index in [1.54, 1.807) is 0 Å². The largest absolute Gasteiger partial charge is 0.398 e. The smallest absolute Gasteiger partial charge is 0.0394 e. The molecule has 108 valence electrons. The summed E-state index contributed by atoms with van der Waals surface area (Å²) in [5, 5.41) is 0. The van der Waals surface area contributed by atoms with Crippen molar-refractivity contribution in [3.05, 3.63) is 58.7 Å². The SMILES string of the molecule is Cc1ccc(N)c(C)c1N.NCc1cccc(CN)c1. The summed E-state index contributed by atoms with van der Waals surface area (Å²) in [4.78, 5) is 0. The molecule has 2 aromatic carbocycles. The van der Waals surface area contributed by atoms with E-state index in [-0.39, 0.29) is 0 Å². The van der Waals surface area contributed by atoms with Gasteiger partial charge in [0.15, 0.2) is 0 Å². The van der Waals surface area contributed by atoms with Crippen LogP contribution in [0.15, 0.2) is 36.4 Å². The monoisotopic (exact) mass is 272 g/mol. The first-order valence-corrected chi connectivity index (χ1v) is 6.58. The fourth-order valence-electron chi connectivity index (χ4n) is 1.76. The van der Waals surface area contributed by atoms with Gasteiger partial charge < -0.3 is 22.9 Å². The average Bonchev–Trinajstić information content (AvgIpc) is 2.49. The number of hydrogen-bond donors (Lipinski definition) is 4. The number of rotatable bonds is 2. The number of nitrogen functional groups attached to an aromatic ring is 2. The predicted molar refractivity (Wildman–Crippen MR) is 87.0 cm³/mol. The maximum Gasteiger partial charge on any atom is 0.0394 e. The maximum absolute atomic E-state index is 5.70. The molecule has 20 heavy (non-hydrogen) atoms. The van der Waals surface area contributed by atoms with Gasteiger partial charge in [-0.1, -0.05) is 30.3 Å². The quantitative estimate of drug-likeness (QED) is 0.628. The Morgan fingerprint density at radius 1 is 0.850 bits per heavy atom. The van der Waals surface area contributed by atoms with Gasteiger partial charge in [-0.2, -0.15) is 0 Å². The highest BCUT2D eigenvalue weighted by molar-refractivity contribution is 5.64. The molecule has 0 saturated carbocycles. The summed E-state index contributed by atoms with van der Waals surface area (Å²) in [6, 6.07) is 11.8. The topological polar surface area (TPSA) is 104 Å². The van der Waals surface area contributed by atoms with Gasteiger partial charge in [0, 0.05) is 24.5 Å². The third kappa shape index (κ3) is 4.26. The number of nitrogens with two attached hydrogens (primary N) is 4. The molecule has 2 aromatic rings. The van der Waals surface area contributed by atoms with Gasteiger partial charge in [0.05, 0.1) is 0 Å². The van der Waals surface area contributed by atoms with Crippen molar-refractivity contribution in [3.63, 3.8) is 0 Å². The average molecular weight is 272 g/mol. The van der Waals surface area contributed by atoms with E-state index in [0.717, 1.165) is 33.6 Å². The van der Waals surface area contributed by atoms with Crippen molar-refractivity contribution in [2.45, 2.75) is 26.9 Å². The predicted octanol–water partition coefficient (Wildman–Crippen LogP) is 2.07. The zero-order valence-electron chi connectivity index (χ0n) is 12.2. The van der Waals surface area contributed by atoms with Crippen LogP contribution < -0.4 is 22.9 Å². The van der Waals surface area contributed by atoms with Crippen LogP contribution in [0.1, 0.15) is 22.3 Å². The zero-order chi connectivity index (χ0) is 15.1. The molecule has 0 amide bonds. The van der Waals surface area contributed by atoms with E-state index in [4.69, 9.17) is 22.9 Å². The fourth-order valence-corrected chi connectivity index (χ4v) is 1.76. The standard InChI is InChI=1S/2C8H12N2/c1-5-3-4-7(9)6(2)8(5)10;9-5-7-2-1-3-8(4-7)6-10/h3-4H,9-10H2,1-2H3;1-4H,5-6,9-10H2. The van der Waals surface area contributed by atoms with Gasteiger partial charge in [0.2, 0.25) is 0 Å². The summed E-state index contributed by atoms with van der Waals surface area (Å²) in [7, 11) is 0. The van der Waals surface area contributed by atoms with Crippen LogP contribution in [0.3, 0.4) is 0 Å². The van der Waals surface area contributed by atoms with E-state index in [1.807, 2.05) is 50.2 Å². The normalized spacial score (nSPS) is 9.80. The Labute approximate surface area is 120 Å². The minimum atomic E-state index is 0.591. The highest BCUT2D eigenvalue weighted by Gasteiger charge is 1.99. The molecule has 4 nitrogen and oxygen atoms in total. The molecule has 0 saturated heterocycles. The number of hydrogen-bond acceptors (Lipinski definition) is 4. The molecule has 8 N–H and O–H groups in total. The molecule has 0 aliphatic rings. The summed E-state index contributed by atoms with van der Waals surface area (Å²) in [5.41, 5.74) is 28.1. The van der Waals surface area contributed by atoms with Gasteiger partial charge in [0.25, 0.3) is 0 Å². The first kappa shape index (κ1) is 16.0. The van der Waals surface area contributed by atoms with Crippen LogP contribution in [0.4, 0.5) is 11.4 Å². The van der Waals surface area contributed by atoms with Crippen molar-refractivity contribution in [2.24, 2.45) is 11.5 Å². The Kier molecular flexibility index (Phi) is 6.03. The molecule has 0 aliphatic heterocycles. The molecule has 0 unspecified atom stereocenters. The van der Waals surface area contributed by atoms with Crippen molar-refractivity contribution in [1.29, 1.82) is 0 Å². The molecule has 4 heteroatoms. The van der Waals surface area contributed by atoms with Gasteiger partial charge in [-0.3, -0.25) is 0 Å². The Morgan fingerprint density at radius 2 is 1.40 bits per heavy atom. The van der Waals surface area contributed by atoms with Crippen LogP contribution in [0.2, 0.25) is 0 Å². The van der Waals surface area contributed by atoms with Gasteiger partial charge >= 0.3 is 0 Å². The van der Waals surface area contributed by atoms with E-state index in [1.165, 1.54) is 0 Å². The highest BCUT2D eigenvalue weighted by Crippen LogP contribution is 2.21. The molecule has 0 spiro atoms. The lowest BCUT2D eigenvalue weighted by Gasteiger charge is -2.05. The molecular weight excluding hydrogens is 248 g/mol. The van der Waals surface area contributed by atoms with E-state index in [2.05, 4.69) is 0 Å². The van der Waals surface area contributed by atoms with Gasteiger partial charge in [-0.15, -0.1) is 0 Å². The lowest BCUT2D eigenvalue weighted by Crippen LogP contribution is -2.00. The lowest BCUT2D eigenvalue weighted by atomic mass is 10.1. The zero-order valence-corrected chi connectivity index (χ0v) is 12.2. The van der Waals surface area contributed by atoms with Crippen molar-refractivity contribution in [2.75, 3.05) is 11.5 Å². The molecule has 0 heterocycles. The van der Waals surface area contributed by atoms with Crippen molar-refractivity contribution >= 4 is 11.4 Å². The minimum absolute atomic E-state index is 0.591. The van der Waals surface area contributed by atoms with Crippen molar-refractivity contribution in [3.8, 4) is 0 Å². The second-order valence-electron chi connectivity index (χ2n) is 4.74. The third-order valence-corrected chi connectivity index (χ3v) is 3.24. The van der Waals surface area contributed by atoms with Crippen LogP contribution in [0.5, 0.6) is 0 Å². The van der Waals surface area contributed by atoms with E-state index in [9.17, 15) is 0 Å². The van der Waals surface area contributed by atoms with Crippen LogP contribution in [-0.4, -0.2) is 0 Å². The highest BCUT2D eigenvalue weighted by atomic mass is 14.6. The van der Waals surface area contributed by atoms with E-state index in [0.29, 0.717) is 13.1 Å². The number of aryl methyl sites for hydroxylation is 1. The van der Waals surface area contributed by atoms with Crippen LogP contribution in [0, 0.1) is 13.8 Å². The fraction of sp³-hybridized carbons (Fsp3) is 0.250. The molecule has 0 aliphatic carbocycles. The molecule has 0 atom stereocenters. The number of anilines is 2. The molecule has 0 fully saturated rings. The molecule has 0 radical (unpaired) electrons. The first-order valence-electron chi connectivity index (χ1n) is 6.58. The summed E-state index contributed by atoms with van der Waals surface area (Å²) in [6.07, 6.45) is 0. The van der Waals surface area contributed by atoms with Gasteiger partial charge in [0.1, 0.15) is 0 Å². The number of benzene rings is 2. The molecule has 0 bridgehead atoms. The molecular formula is C16H24N4. The first-order chi connectivity index (χ1) is 9.49.